The molecule has 0 heterocycles. The lowest BCUT2D eigenvalue weighted by molar-refractivity contribution is -0.139. The molecule has 9 nitrogen and oxygen atoms in total. The highest BCUT2D eigenvalue weighted by Gasteiger charge is 2.31. The van der Waals surface area contributed by atoms with E-state index in [0.29, 0.717) is 0 Å². The van der Waals surface area contributed by atoms with Crippen LogP contribution in [-0.2, 0) is 18.9 Å². The first-order chi connectivity index (χ1) is 9.60. The third-order valence-corrected chi connectivity index (χ3v) is 5.18. The lowest BCUT2D eigenvalue weighted by atomic mass is 10.1. The van der Waals surface area contributed by atoms with Crippen LogP contribution in [0.3, 0.4) is 0 Å². The van der Waals surface area contributed by atoms with Crippen molar-refractivity contribution in [3.05, 3.63) is 0 Å². The van der Waals surface area contributed by atoms with Crippen molar-refractivity contribution in [1.29, 1.82) is 0 Å². The third-order valence-electron chi connectivity index (χ3n) is 2.85. The lowest BCUT2D eigenvalue weighted by Crippen LogP contribution is -2.37. The number of carboxylic acids is 2. The standard InChI is InChI=1S/C11H21N2O7P/c1-2-9(21(19,20)6-5-10(15)16)13-8(14)4-3-7(12)11(17)18/h7,9H,2-6,12H2,1H3,(H,13,14)(H,15,16)(H,17,18)(H,19,20)/t7-,9-/m0/s1. The van der Waals surface area contributed by atoms with E-state index in [2.05, 4.69) is 5.32 Å². The Morgan fingerprint density at radius 1 is 1.24 bits per heavy atom. The predicted octanol–water partition coefficient (Wildman–Crippen LogP) is -0.224. The number of rotatable bonds is 10. The largest absolute Gasteiger partial charge is 0.481 e. The molecule has 122 valence electrons. The molecule has 0 fully saturated rings. The molecule has 0 radical (unpaired) electrons. The van der Waals surface area contributed by atoms with E-state index in [1.54, 1.807) is 6.92 Å². The second-order valence-electron chi connectivity index (χ2n) is 4.60. The van der Waals surface area contributed by atoms with Crippen molar-refractivity contribution < 1.29 is 34.1 Å². The van der Waals surface area contributed by atoms with Gasteiger partial charge in [0, 0.05) is 12.6 Å². The predicted molar refractivity (Wildman–Crippen MR) is 74.0 cm³/mol. The van der Waals surface area contributed by atoms with Gasteiger partial charge in [0.1, 0.15) is 11.8 Å². The van der Waals surface area contributed by atoms with E-state index in [-0.39, 0.29) is 19.3 Å². The molecule has 0 aromatic carbocycles. The molecule has 0 aromatic heterocycles. The molecule has 6 N–H and O–H groups in total. The highest BCUT2D eigenvalue weighted by atomic mass is 31.2. The van der Waals surface area contributed by atoms with Crippen LogP contribution in [0, 0.1) is 0 Å². The van der Waals surface area contributed by atoms with E-state index in [1.165, 1.54) is 0 Å². The number of carboxylic acid groups (broad SMARTS) is 2. The Hall–Kier alpha value is -1.44. The summed E-state index contributed by atoms with van der Waals surface area (Å²) in [7, 11) is -3.84. The van der Waals surface area contributed by atoms with Gasteiger partial charge in [-0.25, -0.2) is 0 Å². The summed E-state index contributed by atoms with van der Waals surface area (Å²) in [6.07, 6.45) is -1.03. The third kappa shape index (κ3) is 7.79. The fraction of sp³-hybridized carbons (Fsp3) is 0.727. The van der Waals surface area contributed by atoms with E-state index >= 15 is 0 Å². The highest BCUT2D eigenvalue weighted by Crippen LogP contribution is 2.46. The van der Waals surface area contributed by atoms with Gasteiger partial charge in [-0.2, -0.15) is 0 Å². The molecule has 0 spiro atoms. The average molecular weight is 324 g/mol. The van der Waals surface area contributed by atoms with Crippen LogP contribution in [-0.4, -0.2) is 50.9 Å². The molecule has 0 bridgehead atoms. The molecule has 10 heteroatoms. The number of aliphatic carboxylic acids is 2. The molecule has 0 saturated carbocycles. The Morgan fingerprint density at radius 3 is 2.24 bits per heavy atom. The molecular weight excluding hydrogens is 303 g/mol. The Balaban J connectivity index is 4.47. The summed E-state index contributed by atoms with van der Waals surface area (Å²) in [5.74, 6) is -4.07. The molecule has 3 atom stereocenters. The Morgan fingerprint density at radius 2 is 1.81 bits per heavy atom. The molecular formula is C11H21N2O7P. The smallest absolute Gasteiger partial charge is 0.320 e. The van der Waals surface area contributed by atoms with Gasteiger partial charge >= 0.3 is 11.9 Å². The lowest BCUT2D eigenvalue weighted by Gasteiger charge is -2.22. The van der Waals surface area contributed by atoms with Gasteiger partial charge in [0.25, 0.3) is 0 Å². The number of hydrogen-bond donors (Lipinski definition) is 5. The van der Waals surface area contributed by atoms with Gasteiger partial charge in [-0.15, -0.1) is 0 Å². The summed E-state index contributed by atoms with van der Waals surface area (Å²) in [5, 5.41) is 19.4. The van der Waals surface area contributed by atoms with Gasteiger partial charge in [-0.3, -0.25) is 18.9 Å². The molecule has 0 rings (SSSR count). The van der Waals surface area contributed by atoms with Crippen molar-refractivity contribution in [2.45, 2.75) is 44.4 Å². The molecule has 0 saturated heterocycles. The van der Waals surface area contributed by atoms with Crippen LogP contribution in [0.4, 0.5) is 0 Å². The van der Waals surface area contributed by atoms with Gasteiger partial charge in [-0.05, 0) is 12.8 Å². The minimum absolute atomic E-state index is 0.0948. The number of nitrogens with one attached hydrogen (secondary N) is 1. The van der Waals surface area contributed by atoms with Crippen molar-refractivity contribution in [1.82, 2.24) is 5.32 Å². The highest BCUT2D eigenvalue weighted by molar-refractivity contribution is 7.58. The van der Waals surface area contributed by atoms with Crippen LogP contribution < -0.4 is 11.1 Å². The van der Waals surface area contributed by atoms with E-state index in [4.69, 9.17) is 15.9 Å². The topological polar surface area (TPSA) is 167 Å². The number of carbonyl (C=O) groups is 3. The fourth-order valence-electron chi connectivity index (χ4n) is 1.57. The van der Waals surface area contributed by atoms with Crippen LogP contribution in [0.2, 0.25) is 0 Å². The molecule has 1 unspecified atom stereocenters. The second kappa shape index (κ2) is 8.76. The quantitative estimate of drug-likeness (QED) is 0.344. The Kier molecular flexibility index (Phi) is 8.16. The number of carbonyl (C=O) groups excluding carboxylic acids is 1. The van der Waals surface area contributed by atoms with Crippen LogP contribution in [0.15, 0.2) is 0 Å². The molecule has 21 heavy (non-hydrogen) atoms. The zero-order valence-corrected chi connectivity index (χ0v) is 12.6. The normalized spacial score (nSPS) is 16.5. The molecule has 1 amide bonds. The summed E-state index contributed by atoms with van der Waals surface area (Å²) >= 11 is 0. The number of hydrogen-bond acceptors (Lipinski definition) is 5. The average Bonchev–Trinajstić information content (AvgIpc) is 2.39. The summed E-state index contributed by atoms with van der Waals surface area (Å²) in [4.78, 5) is 42.3. The minimum Gasteiger partial charge on any atom is -0.481 e. The van der Waals surface area contributed by atoms with Crippen molar-refractivity contribution in [3.63, 3.8) is 0 Å². The zero-order chi connectivity index (χ0) is 16.6. The van der Waals surface area contributed by atoms with Crippen LogP contribution >= 0.6 is 7.37 Å². The van der Waals surface area contributed by atoms with Crippen LogP contribution in [0.1, 0.15) is 32.6 Å². The maximum atomic E-state index is 12.0. The van der Waals surface area contributed by atoms with Gasteiger partial charge in [0.2, 0.25) is 13.3 Å². The van der Waals surface area contributed by atoms with Gasteiger partial charge in [0.15, 0.2) is 0 Å². The van der Waals surface area contributed by atoms with Crippen molar-refractivity contribution in [3.8, 4) is 0 Å². The maximum Gasteiger partial charge on any atom is 0.320 e. The molecule has 0 aromatic rings. The van der Waals surface area contributed by atoms with Gasteiger partial charge in [-0.1, -0.05) is 6.92 Å². The molecule has 0 aliphatic heterocycles. The number of amides is 1. The fourth-order valence-corrected chi connectivity index (χ4v) is 3.31. The SMILES string of the molecule is CC[C@@H](NC(=O)CC[C@H](N)C(=O)O)P(=O)(O)CCC(=O)O. The first-order valence-electron chi connectivity index (χ1n) is 6.41. The molecule has 0 aliphatic carbocycles. The summed E-state index contributed by atoms with van der Waals surface area (Å²) in [6.45, 7) is 1.58. The van der Waals surface area contributed by atoms with Crippen LogP contribution in [0.5, 0.6) is 0 Å². The van der Waals surface area contributed by atoms with E-state index in [9.17, 15) is 23.8 Å². The van der Waals surface area contributed by atoms with Crippen molar-refractivity contribution in [2.24, 2.45) is 5.73 Å². The summed E-state index contributed by atoms with van der Waals surface area (Å²) in [6, 6.07) is -1.18. The summed E-state index contributed by atoms with van der Waals surface area (Å²) < 4.78 is 12.0. The van der Waals surface area contributed by atoms with Gasteiger partial charge < -0.3 is 26.2 Å². The molecule has 0 aliphatic rings. The van der Waals surface area contributed by atoms with Crippen LogP contribution in [0.25, 0.3) is 0 Å². The zero-order valence-electron chi connectivity index (χ0n) is 11.7. The van der Waals surface area contributed by atoms with Crippen molar-refractivity contribution in [2.75, 3.05) is 6.16 Å². The van der Waals surface area contributed by atoms with Gasteiger partial charge in [0.05, 0.1) is 6.42 Å². The Bertz CT molecular complexity index is 440. The van der Waals surface area contributed by atoms with E-state index < -0.39 is 49.6 Å². The number of nitrogens with two attached hydrogens (primary N) is 1. The van der Waals surface area contributed by atoms with Crippen molar-refractivity contribution >= 4 is 25.2 Å². The first kappa shape index (κ1) is 19.6. The first-order valence-corrected chi connectivity index (χ1v) is 8.32. The maximum absolute atomic E-state index is 12.0. The van der Waals surface area contributed by atoms with E-state index in [1.807, 2.05) is 0 Å². The second-order valence-corrected chi connectivity index (χ2v) is 7.18. The minimum atomic E-state index is -3.84. The Labute approximate surface area is 122 Å². The van der Waals surface area contributed by atoms with E-state index in [0.717, 1.165) is 0 Å². The monoisotopic (exact) mass is 324 g/mol. The summed E-state index contributed by atoms with van der Waals surface area (Å²) in [5.41, 5.74) is 5.25.